The predicted octanol–water partition coefficient (Wildman–Crippen LogP) is 2.16. The highest BCUT2D eigenvalue weighted by atomic mass is 16.4. The van der Waals surface area contributed by atoms with Gasteiger partial charge in [-0.3, -0.25) is 15.0 Å². The number of rotatable bonds is 3. The van der Waals surface area contributed by atoms with Crippen LogP contribution in [0.1, 0.15) is 37.7 Å². The van der Waals surface area contributed by atoms with Gasteiger partial charge in [-0.1, -0.05) is 25.9 Å². The Bertz CT molecular complexity index is 1020. The zero-order valence-corrected chi connectivity index (χ0v) is 14.0. The Hall–Kier alpha value is -3.55. The molecule has 3 aromatic heterocycles. The predicted molar refractivity (Wildman–Crippen MR) is 85.2 cm³/mol. The smallest absolute Gasteiger partial charge is 0.345 e. The van der Waals surface area contributed by atoms with Gasteiger partial charge in [0.05, 0.1) is 11.4 Å². The fourth-order valence-corrected chi connectivity index (χ4v) is 2.21. The van der Waals surface area contributed by atoms with Gasteiger partial charge in [-0.2, -0.15) is 15.0 Å². The van der Waals surface area contributed by atoms with Gasteiger partial charge in [0.2, 0.25) is 12.2 Å². The van der Waals surface area contributed by atoms with E-state index in [0.717, 1.165) is 11.1 Å². The molecule has 0 amide bonds. The first-order valence-corrected chi connectivity index (χ1v) is 7.31. The second kappa shape index (κ2) is 5.82. The molecule has 0 aliphatic carbocycles. The quantitative estimate of drug-likeness (QED) is 0.696. The molecule has 0 aromatic carbocycles. The van der Waals surface area contributed by atoms with Crippen LogP contribution in [0, 0.1) is 18.3 Å². The van der Waals surface area contributed by atoms with Crippen LogP contribution in [0.3, 0.4) is 0 Å². The van der Waals surface area contributed by atoms with Gasteiger partial charge in [0.25, 0.3) is 0 Å². The van der Waals surface area contributed by atoms with E-state index in [2.05, 4.69) is 41.8 Å². The number of azo groups is 1. The third-order valence-electron chi connectivity index (χ3n) is 3.43. The SMILES string of the molecule is Cc1[nH]n(-c2nnco2)c(=O)c1N=Nc1n[nH]c(C(C)(C)C)c1C#N. The maximum Gasteiger partial charge on any atom is 0.345 e. The second-order valence-corrected chi connectivity index (χ2v) is 6.31. The van der Waals surface area contributed by atoms with Gasteiger partial charge in [-0.05, 0) is 6.92 Å². The third-order valence-corrected chi connectivity index (χ3v) is 3.43. The summed E-state index contributed by atoms with van der Waals surface area (Å²) >= 11 is 0. The van der Waals surface area contributed by atoms with E-state index in [1.54, 1.807) is 6.92 Å². The van der Waals surface area contributed by atoms with Crippen molar-refractivity contribution in [1.82, 2.24) is 30.2 Å². The Balaban J connectivity index is 2.01. The Morgan fingerprint density at radius 1 is 1.36 bits per heavy atom. The van der Waals surface area contributed by atoms with Crippen molar-refractivity contribution in [3.8, 4) is 12.1 Å². The highest BCUT2D eigenvalue weighted by Crippen LogP contribution is 2.29. The average molecular weight is 341 g/mol. The number of nitriles is 1. The minimum atomic E-state index is -0.504. The maximum atomic E-state index is 12.4. The summed E-state index contributed by atoms with van der Waals surface area (Å²) in [6, 6.07) is 2.06. The van der Waals surface area contributed by atoms with E-state index in [1.807, 2.05) is 20.8 Å². The van der Waals surface area contributed by atoms with Crippen LogP contribution in [-0.4, -0.2) is 30.2 Å². The van der Waals surface area contributed by atoms with Crippen LogP contribution in [0.5, 0.6) is 0 Å². The Labute approximate surface area is 141 Å². The first-order valence-electron chi connectivity index (χ1n) is 7.31. The van der Waals surface area contributed by atoms with E-state index in [-0.39, 0.29) is 22.9 Å². The molecule has 128 valence electrons. The van der Waals surface area contributed by atoms with E-state index in [4.69, 9.17) is 4.42 Å². The number of hydrogen-bond donors (Lipinski definition) is 2. The zero-order chi connectivity index (χ0) is 18.2. The molecule has 0 aliphatic rings. The van der Waals surface area contributed by atoms with Crippen LogP contribution in [0.2, 0.25) is 0 Å². The van der Waals surface area contributed by atoms with Crippen LogP contribution in [0.15, 0.2) is 25.8 Å². The van der Waals surface area contributed by atoms with Crippen molar-refractivity contribution in [2.45, 2.75) is 33.1 Å². The van der Waals surface area contributed by atoms with E-state index in [1.165, 1.54) is 0 Å². The van der Waals surface area contributed by atoms with Crippen molar-refractivity contribution in [3.63, 3.8) is 0 Å². The first kappa shape index (κ1) is 16.3. The molecule has 3 rings (SSSR count). The van der Waals surface area contributed by atoms with Crippen LogP contribution >= 0.6 is 0 Å². The molecule has 0 fully saturated rings. The number of aromatic amines is 2. The van der Waals surface area contributed by atoms with Crippen molar-refractivity contribution in [2.75, 3.05) is 0 Å². The molecule has 0 bridgehead atoms. The standard InChI is InChI=1S/C14H15N9O2/c1-7-9(12(24)23(22-7)13-21-16-6-25-13)17-19-11-8(5-15)10(18-20-11)14(2,3)4/h6,22H,1-4H3,(H,18,20). The number of aromatic nitrogens is 6. The molecule has 0 spiro atoms. The molecular weight excluding hydrogens is 326 g/mol. The lowest BCUT2D eigenvalue weighted by Gasteiger charge is -2.15. The van der Waals surface area contributed by atoms with Gasteiger partial charge in [-0.25, -0.2) is 0 Å². The minimum absolute atomic E-state index is 0.0120. The van der Waals surface area contributed by atoms with Gasteiger partial charge >= 0.3 is 11.6 Å². The van der Waals surface area contributed by atoms with Crippen molar-refractivity contribution in [1.29, 1.82) is 5.26 Å². The number of H-pyrrole nitrogens is 2. The largest absolute Gasteiger partial charge is 0.409 e. The molecule has 0 unspecified atom stereocenters. The average Bonchev–Trinajstić information content (AvgIpc) is 3.25. The maximum absolute atomic E-state index is 12.4. The van der Waals surface area contributed by atoms with Gasteiger partial charge < -0.3 is 4.42 Å². The molecule has 25 heavy (non-hydrogen) atoms. The van der Waals surface area contributed by atoms with Gasteiger partial charge in [0.15, 0.2) is 5.69 Å². The van der Waals surface area contributed by atoms with Gasteiger partial charge in [0.1, 0.15) is 11.6 Å². The second-order valence-electron chi connectivity index (χ2n) is 6.31. The van der Waals surface area contributed by atoms with Crippen LogP contribution in [0.25, 0.3) is 6.01 Å². The molecule has 2 N–H and O–H groups in total. The lowest BCUT2D eigenvalue weighted by molar-refractivity contribution is 0.502. The topological polar surface area (TPSA) is 154 Å². The summed E-state index contributed by atoms with van der Waals surface area (Å²) < 4.78 is 6.05. The highest BCUT2D eigenvalue weighted by molar-refractivity contribution is 5.52. The molecule has 0 saturated carbocycles. The molecule has 3 aromatic rings. The Morgan fingerprint density at radius 2 is 2.12 bits per heavy atom. The van der Waals surface area contributed by atoms with Crippen molar-refractivity contribution >= 4 is 11.5 Å². The number of nitrogens with zero attached hydrogens (tertiary/aromatic N) is 7. The van der Waals surface area contributed by atoms with Crippen molar-refractivity contribution < 1.29 is 4.42 Å². The molecule has 0 aliphatic heterocycles. The molecule has 0 radical (unpaired) electrons. The lowest BCUT2D eigenvalue weighted by atomic mass is 9.90. The summed E-state index contributed by atoms with van der Waals surface area (Å²) in [4.78, 5) is 12.4. The van der Waals surface area contributed by atoms with Crippen molar-refractivity contribution in [2.24, 2.45) is 10.2 Å². The summed E-state index contributed by atoms with van der Waals surface area (Å²) in [5, 5.41) is 34.1. The fraction of sp³-hybridized carbons (Fsp3) is 0.357. The van der Waals surface area contributed by atoms with Crippen LogP contribution < -0.4 is 5.56 Å². The zero-order valence-electron chi connectivity index (χ0n) is 14.0. The summed E-state index contributed by atoms with van der Waals surface area (Å²) in [5.41, 5.74) is 0.648. The minimum Gasteiger partial charge on any atom is -0.409 e. The van der Waals surface area contributed by atoms with Crippen LogP contribution in [-0.2, 0) is 5.41 Å². The third kappa shape index (κ3) is 2.85. The number of nitrogens with one attached hydrogen (secondary N) is 2. The highest BCUT2D eigenvalue weighted by Gasteiger charge is 2.24. The molecule has 11 nitrogen and oxygen atoms in total. The normalized spacial score (nSPS) is 12.0. The van der Waals surface area contributed by atoms with E-state index in [0.29, 0.717) is 17.0 Å². The number of hydrogen-bond acceptors (Lipinski definition) is 8. The molecule has 11 heteroatoms. The van der Waals surface area contributed by atoms with E-state index in [9.17, 15) is 10.1 Å². The first-order chi connectivity index (χ1) is 11.8. The summed E-state index contributed by atoms with van der Waals surface area (Å²) in [7, 11) is 0. The number of aryl methyl sites for hydroxylation is 1. The monoisotopic (exact) mass is 341 g/mol. The van der Waals surface area contributed by atoms with Crippen LogP contribution in [0.4, 0.5) is 11.5 Å². The van der Waals surface area contributed by atoms with Gasteiger partial charge in [-0.15, -0.1) is 15.3 Å². The summed E-state index contributed by atoms with van der Waals surface area (Å²) in [5.74, 6) is 0.122. The molecule has 3 heterocycles. The Morgan fingerprint density at radius 3 is 2.72 bits per heavy atom. The Kier molecular flexibility index (Phi) is 3.80. The van der Waals surface area contributed by atoms with Gasteiger partial charge in [0, 0.05) is 5.41 Å². The molecular formula is C14H15N9O2. The molecule has 0 atom stereocenters. The lowest BCUT2D eigenvalue weighted by Crippen LogP contribution is -2.14. The van der Waals surface area contributed by atoms with E-state index >= 15 is 0 Å². The summed E-state index contributed by atoms with van der Waals surface area (Å²) in [6.45, 7) is 7.49. The van der Waals surface area contributed by atoms with E-state index < -0.39 is 5.56 Å². The summed E-state index contributed by atoms with van der Waals surface area (Å²) in [6.07, 6.45) is 1.11. The fourth-order valence-electron chi connectivity index (χ4n) is 2.21. The van der Waals surface area contributed by atoms with Crippen molar-refractivity contribution in [3.05, 3.63) is 33.7 Å². The molecule has 0 saturated heterocycles.